The van der Waals surface area contributed by atoms with Crippen LogP contribution in [-0.4, -0.2) is 21.7 Å². The van der Waals surface area contributed by atoms with Crippen molar-refractivity contribution in [2.24, 2.45) is 0 Å². The molecule has 0 aliphatic carbocycles. The summed E-state index contributed by atoms with van der Waals surface area (Å²) in [5.41, 5.74) is 1.85. The average molecular weight is 373 g/mol. The minimum atomic E-state index is -0.000861. The van der Waals surface area contributed by atoms with Crippen molar-refractivity contribution >= 4 is 29.1 Å². The highest BCUT2D eigenvalue weighted by atomic mass is 35.5. The molecule has 0 bridgehead atoms. The molecule has 2 aromatic carbocycles. The lowest BCUT2D eigenvalue weighted by molar-refractivity contribution is 0.102. The van der Waals surface area contributed by atoms with Crippen LogP contribution in [0.4, 0.5) is 0 Å². The minimum Gasteiger partial charge on any atom is -0.416 e. The Hall–Kier alpha value is -2.11. The molecule has 0 saturated carbocycles. The van der Waals surface area contributed by atoms with Crippen molar-refractivity contribution in [1.82, 2.24) is 10.2 Å². The number of hydrogen-bond acceptors (Lipinski definition) is 5. The number of ketones is 1. The van der Waals surface area contributed by atoms with Crippen LogP contribution in [0.25, 0.3) is 0 Å². The van der Waals surface area contributed by atoms with Crippen LogP contribution in [0.15, 0.2) is 64.2 Å². The van der Waals surface area contributed by atoms with E-state index in [4.69, 9.17) is 16.0 Å². The van der Waals surface area contributed by atoms with Crippen LogP contribution in [0.5, 0.6) is 0 Å². The molecule has 0 N–H and O–H groups in total. The Balaban J connectivity index is 1.55. The van der Waals surface area contributed by atoms with Gasteiger partial charge in [-0.3, -0.25) is 4.79 Å². The number of halogens is 1. The molecule has 4 nitrogen and oxygen atoms in total. The van der Waals surface area contributed by atoms with Crippen molar-refractivity contribution in [3.05, 3.63) is 76.6 Å². The molecule has 0 fully saturated rings. The highest BCUT2D eigenvalue weighted by molar-refractivity contribution is 7.99. The summed E-state index contributed by atoms with van der Waals surface area (Å²) in [5.74, 6) is 1.12. The average Bonchev–Trinajstić information content (AvgIpc) is 3.08. The second-order valence-corrected chi connectivity index (χ2v) is 7.06. The molecule has 0 aliphatic heterocycles. The maximum atomic E-state index is 12.1. The van der Waals surface area contributed by atoms with E-state index in [9.17, 15) is 4.79 Å². The second kappa shape index (κ2) is 8.32. The Morgan fingerprint density at radius 3 is 2.56 bits per heavy atom. The summed E-state index contributed by atoms with van der Waals surface area (Å²) in [6.45, 7) is 2.12. The molecule has 128 valence electrons. The van der Waals surface area contributed by atoms with Crippen LogP contribution in [0.3, 0.4) is 0 Å². The third-order valence-electron chi connectivity index (χ3n) is 3.79. The number of rotatable bonds is 7. The summed E-state index contributed by atoms with van der Waals surface area (Å²) in [6.07, 6.45) is 0.669. The third kappa shape index (κ3) is 4.94. The number of carbonyl (C=O) groups excluding carboxylic acids is 1. The molecule has 1 unspecified atom stereocenters. The van der Waals surface area contributed by atoms with Crippen molar-refractivity contribution < 1.29 is 9.21 Å². The first kappa shape index (κ1) is 17.7. The lowest BCUT2D eigenvalue weighted by Gasteiger charge is -2.08. The Bertz CT molecular complexity index is 834. The lowest BCUT2D eigenvalue weighted by atomic mass is 9.98. The summed E-state index contributed by atoms with van der Waals surface area (Å²) in [7, 11) is 0. The normalized spacial score (nSPS) is 12.1. The summed E-state index contributed by atoms with van der Waals surface area (Å²) in [5, 5.41) is 9.12. The van der Waals surface area contributed by atoms with E-state index in [0.29, 0.717) is 28.1 Å². The maximum Gasteiger partial charge on any atom is 0.277 e. The fourth-order valence-electron chi connectivity index (χ4n) is 2.39. The number of aromatic nitrogens is 2. The maximum absolute atomic E-state index is 12.1. The zero-order valence-corrected chi connectivity index (χ0v) is 15.3. The third-order valence-corrected chi connectivity index (χ3v) is 4.86. The number of thioether (sulfide) groups is 1. The molecular formula is C19H17ClN2O2S. The van der Waals surface area contributed by atoms with Gasteiger partial charge in [0.25, 0.3) is 5.22 Å². The van der Waals surface area contributed by atoms with E-state index in [2.05, 4.69) is 29.3 Å². The number of carbonyl (C=O) groups is 1. The van der Waals surface area contributed by atoms with Gasteiger partial charge in [-0.1, -0.05) is 60.6 Å². The Labute approximate surface area is 155 Å². The van der Waals surface area contributed by atoms with Gasteiger partial charge in [-0.25, -0.2) is 0 Å². The SMILES string of the molecule is CC(Cc1nnc(SCC(=O)c2ccc(Cl)cc2)o1)c1ccccc1. The Morgan fingerprint density at radius 1 is 1.12 bits per heavy atom. The summed E-state index contributed by atoms with van der Waals surface area (Å²) < 4.78 is 5.65. The summed E-state index contributed by atoms with van der Waals surface area (Å²) in [4.78, 5) is 12.1. The molecule has 1 aromatic heterocycles. The van der Waals surface area contributed by atoms with Crippen molar-refractivity contribution in [2.75, 3.05) is 5.75 Å². The topological polar surface area (TPSA) is 56.0 Å². The Kier molecular flexibility index (Phi) is 5.89. The smallest absolute Gasteiger partial charge is 0.277 e. The van der Waals surface area contributed by atoms with Gasteiger partial charge in [-0.15, -0.1) is 10.2 Å². The van der Waals surface area contributed by atoms with Gasteiger partial charge in [0, 0.05) is 17.0 Å². The van der Waals surface area contributed by atoms with Crippen LogP contribution in [0.1, 0.15) is 34.7 Å². The van der Waals surface area contributed by atoms with Crippen LogP contribution < -0.4 is 0 Å². The zero-order valence-electron chi connectivity index (χ0n) is 13.7. The van der Waals surface area contributed by atoms with Gasteiger partial charge in [0.05, 0.1) is 5.75 Å². The van der Waals surface area contributed by atoms with Gasteiger partial charge in [-0.2, -0.15) is 0 Å². The highest BCUT2D eigenvalue weighted by Crippen LogP contribution is 2.23. The minimum absolute atomic E-state index is 0.000861. The Morgan fingerprint density at radius 2 is 1.84 bits per heavy atom. The van der Waals surface area contributed by atoms with Crippen molar-refractivity contribution in [3.8, 4) is 0 Å². The van der Waals surface area contributed by atoms with E-state index in [-0.39, 0.29) is 17.5 Å². The fourth-order valence-corrected chi connectivity index (χ4v) is 3.19. The highest BCUT2D eigenvalue weighted by Gasteiger charge is 2.14. The monoisotopic (exact) mass is 372 g/mol. The van der Waals surface area contributed by atoms with Gasteiger partial charge in [0.2, 0.25) is 5.89 Å². The van der Waals surface area contributed by atoms with E-state index >= 15 is 0 Å². The predicted molar refractivity (Wildman–Crippen MR) is 99.4 cm³/mol. The van der Waals surface area contributed by atoms with E-state index < -0.39 is 0 Å². The molecule has 1 atom stereocenters. The number of nitrogens with zero attached hydrogens (tertiary/aromatic N) is 2. The summed E-state index contributed by atoms with van der Waals surface area (Å²) in [6, 6.07) is 17.0. The first-order valence-corrected chi connectivity index (χ1v) is 9.27. The summed E-state index contributed by atoms with van der Waals surface area (Å²) >= 11 is 7.08. The number of hydrogen-bond donors (Lipinski definition) is 0. The quantitative estimate of drug-likeness (QED) is 0.429. The molecule has 1 heterocycles. The van der Waals surface area contributed by atoms with Crippen molar-refractivity contribution in [1.29, 1.82) is 0 Å². The van der Waals surface area contributed by atoms with Crippen LogP contribution in [-0.2, 0) is 6.42 Å². The van der Waals surface area contributed by atoms with Gasteiger partial charge >= 0.3 is 0 Å². The molecule has 25 heavy (non-hydrogen) atoms. The molecule has 0 saturated heterocycles. The molecule has 0 spiro atoms. The molecule has 0 aliphatic rings. The first-order valence-electron chi connectivity index (χ1n) is 7.90. The molecular weight excluding hydrogens is 356 g/mol. The van der Waals surface area contributed by atoms with Crippen LogP contribution >= 0.6 is 23.4 Å². The molecule has 0 radical (unpaired) electrons. The second-order valence-electron chi connectivity index (χ2n) is 5.70. The van der Waals surface area contributed by atoms with Gasteiger partial charge in [0.1, 0.15) is 0 Å². The standard InChI is InChI=1S/C19H17ClN2O2S/c1-13(14-5-3-2-4-6-14)11-18-21-22-19(24-18)25-12-17(23)15-7-9-16(20)10-8-15/h2-10,13H,11-12H2,1H3. The number of benzene rings is 2. The van der Waals surface area contributed by atoms with E-state index in [0.717, 1.165) is 0 Å². The van der Waals surface area contributed by atoms with E-state index in [1.807, 2.05) is 18.2 Å². The fraction of sp³-hybridized carbons (Fsp3) is 0.211. The predicted octanol–water partition coefficient (Wildman–Crippen LogP) is 5.04. The van der Waals surface area contributed by atoms with E-state index in [1.54, 1.807) is 24.3 Å². The first-order chi connectivity index (χ1) is 12.1. The molecule has 3 rings (SSSR count). The van der Waals surface area contributed by atoms with Gasteiger partial charge in [-0.05, 0) is 35.7 Å². The zero-order chi connectivity index (χ0) is 17.6. The lowest BCUT2D eigenvalue weighted by Crippen LogP contribution is -2.01. The van der Waals surface area contributed by atoms with Crippen molar-refractivity contribution in [3.63, 3.8) is 0 Å². The largest absolute Gasteiger partial charge is 0.416 e. The van der Waals surface area contributed by atoms with Crippen LogP contribution in [0, 0.1) is 0 Å². The molecule has 3 aromatic rings. The van der Waals surface area contributed by atoms with Gasteiger partial charge in [0.15, 0.2) is 5.78 Å². The number of Topliss-reactive ketones (excluding diaryl/α,β-unsaturated/α-hetero) is 1. The van der Waals surface area contributed by atoms with E-state index in [1.165, 1.54) is 17.3 Å². The molecule has 6 heteroatoms. The van der Waals surface area contributed by atoms with Crippen LogP contribution in [0.2, 0.25) is 5.02 Å². The van der Waals surface area contributed by atoms with Gasteiger partial charge < -0.3 is 4.42 Å². The molecule has 0 amide bonds. The van der Waals surface area contributed by atoms with Crippen molar-refractivity contribution in [2.45, 2.75) is 24.5 Å².